The van der Waals surface area contributed by atoms with Crippen LogP contribution in [0.5, 0.6) is 0 Å². The van der Waals surface area contributed by atoms with Gasteiger partial charge in [0.25, 0.3) is 0 Å². The Morgan fingerprint density at radius 1 is 1.31 bits per heavy atom. The molecule has 0 saturated heterocycles. The second kappa shape index (κ2) is 5.83. The van der Waals surface area contributed by atoms with E-state index in [4.69, 9.17) is 9.47 Å². The molecule has 2 rings (SSSR count). The lowest BCUT2D eigenvalue weighted by molar-refractivity contribution is -0.0866. The molecule has 2 aliphatic rings. The third-order valence-corrected chi connectivity index (χ3v) is 4.86. The molecule has 0 bridgehead atoms. The van der Waals surface area contributed by atoms with Crippen LogP contribution in [0.25, 0.3) is 0 Å². The van der Waals surface area contributed by atoms with Gasteiger partial charge in [-0.25, -0.2) is 0 Å². The average molecular weight is 291 g/mol. The minimum atomic E-state index is 0.115. The quantitative estimate of drug-likeness (QED) is 0.668. The van der Waals surface area contributed by atoms with E-state index in [1.54, 1.807) is 0 Å². The molecule has 0 heterocycles. The van der Waals surface area contributed by atoms with E-state index in [0.717, 1.165) is 24.5 Å². The number of hydrogen-bond donors (Lipinski definition) is 0. The first-order valence-corrected chi connectivity index (χ1v) is 7.73. The van der Waals surface area contributed by atoms with Crippen molar-refractivity contribution >= 4 is 15.9 Å². The van der Waals surface area contributed by atoms with Crippen LogP contribution in [-0.4, -0.2) is 30.2 Å². The first kappa shape index (κ1) is 12.8. The van der Waals surface area contributed by atoms with Crippen molar-refractivity contribution in [2.24, 2.45) is 5.92 Å². The molecular formula is C13H23BrO2. The summed E-state index contributed by atoms with van der Waals surface area (Å²) in [7, 11) is 0. The standard InChI is InChI=1S/C13H23BrO2/c1-2-15-12(11-5-6-11)9-16-13(10-14)7-3-4-8-13/h11-12H,2-10H2,1H3. The van der Waals surface area contributed by atoms with Gasteiger partial charge in [-0.05, 0) is 38.5 Å². The summed E-state index contributed by atoms with van der Waals surface area (Å²) in [5.74, 6) is 0.772. The molecule has 16 heavy (non-hydrogen) atoms. The molecule has 2 aliphatic carbocycles. The Morgan fingerprint density at radius 3 is 2.50 bits per heavy atom. The van der Waals surface area contributed by atoms with Crippen molar-refractivity contribution < 1.29 is 9.47 Å². The van der Waals surface area contributed by atoms with Crippen LogP contribution in [0, 0.1) is 5.92 Å². The Balaban J connectivity index is 1.79. The summed E-state index contributed by atoms with van der Waals surface area (Å²) in [6, 6.07) is 0. The van der Waals surface area contributed by atoms with E-state index in [0.29, 0.717) is 6.10 Å². The fourth-order valence-corrected chi connectivity index (χ4v) is 3.32. The minimum Gasteiger partial charge on any atom is -0.376 e. The molecular weight excluding hydrogens is 268 g/mol. The first-order valence-electron chi connectivity index (χ1n) is 6.61. The van der Waals surface area contributed by atoms with Crippen LogP contribution in [-0.2, 0) is 9.47 Å². The highest BCUT2D eigenvalue weighted by Gasteiger charge is 2.37. The predicted octanol–water partition coefficient (Wildman–Crippen LogP) is 3.53. The van der Waals surface area contributed by atoms with Gasteiger partial charge in [0.1, 0.15) is 0 Å². The van der Waals surface area contributed by atoms with Crippen LogP contribution < -0.4 is 0 Å². The number of halogens is 1. The van der Waals surface area contributed by atoms with E-state index >= 15 is 0 Å². The molecule has 0 N–H and O–H groups in total. The summed E-state index contributed by atoms with van der Waals surface area (Å²) in [5.41, 5.74) is 0.115. The SMILES string of the molecule is CCOC(COC1(CBr)CCCC1)C1CC1. The molecule has 1 unspecified atom stereocenters. The lowest BCUT2D eigenvalue weighted by atomic mass is 10.1. The van der Waals surface area contributed by atoms with Crippen molar-refractivity contribution in [3.63, 3.8) is 0 Å². The lowest BCUT2D eigenvalue weighted by Gasteiger charge is -2.29. The summed E-state index contributed by atoms with van der Waals surface area (Å²) >= 11 is 3.61. The first-order chi connectivity index (χ1) is 7.79. The topological polar surface area (TPSA) is 18.5 Å². The zero-order chi connectivity index (χ0) is 11.4. The van der Waals surface area contributed by atoms with Gasteiger partial charge in [-0.15, -0.1) is 0 Å². The van der Waals surface area contributed by atoms with E-state index < -0.39 is 0 Å². The number of rotatable bonds is 7. The highest BCUT2D eigenvalue weighted by atomic mass is 79.9. The van der Waals surface area contributed by atoms with Crippen LogP contribution in [0.2, 0.25) is 0 Å². The zero-order valence-electron chi connectivity index (χ0n) is 10.2. The van der Waals surface area contributed by atoms with Gasteiger partial charge in [-0.2, -0.15) is 0 Å². The maximum atomic E-state index is 6.18. The second-order valence-electron chi connectivity index (χ2n) is 5.17. The molecule has 0 aliphatic heterocycles. The summed E-state index contributed by atoms with van der Waals surface area (Å²) in [6.45, 7) is 3.68. The average Bonchev–Trinajstić information content (AvgIpc) is 3.04. The number of hydrogen-bond acceptors (Lipinski definition) is 2. The smallest absolute Gasteiger partial charge is 0.0836 e. The summed E-state index contributed by atoms with van der Waals surface area (Å²) in [5, 5.41) is 0.976. The fraction of sp³-hybridized carbons (Fsp3) is 1.00. The van der Waals surface area contributed by atoms with E-state index in [1.165, 1.54) is 38.5 Å². The molecule has 2 saturated carbocycles. The van der Waals surface area contributed by atoms with Crippen LogP contribution in [0.3, 0.4) is 0 Å². The van der Waals surface area contributed by atoms with E-state index in [2.05, 4.69) is 22.9 Å². The van der Waals surface area contributed by atoms with Crippen molar-refractivity contribution in [2.75, 3.05) is 18.5 Å². The molecule has 0 radical (unpaired) electrons. The Kier molecular flexibility index (Phi) is 4.68. The highest BCUT2D eigenvalue weighted by Crippen LogP contribution is 2.38. The predicted molar refractivity (Wildman–Crippen MR) is 69.1 cm³/mol. The minimum absolute atomic E-state index is 0.115. The third kappa shape index (κ3) is 3.21. The molecule has 0 aromatic heterocycles. The number of ether oxygens (including phenoxy) is 2. The molecule has 3 heteroatoms. The Hall–Kier alpha value is 0.400. The molecule has 2 nitrogen and oxygen atoms in total. The van der Waals surface area contributed by atoms with E-state index in [1.807, 2.05) is 0 Å². The summed E-state index contributed by atoms with van der Waals surface area (Å²) in [4.78, 5) is 0. The Labute approximate surface area is 107 Å². The number of alkyl halides is 1. The molecule has 0 amide bonds. The lowest BCUT2D eigenvalue weighted by Crippen LogP contribution is -2.35. The molecule has 0 aromatic carbocycles. The molecule has 94 valence electrons. The van der Waals surface area contributed by atoms with Crippen molar-refractivity contribution in [3.05, 3.63) is 0 Å². The highest BCUT2D eigenvalue weighted by molar-refractivity contribution is 9.09. The van der Waals surface area contributed by atoms with Crippen LogP contribution in [0.1, 0.15) is 45.4 Å². The largest absolute Gasteiger partial charge is 0.376 e. The maximum Gasteiger partial charge on any atom is 0.0836 e. The van der Waals surface area contributed by atoms with Gasteiger partial charge >= 0.3 is 0 Å². The van der Waals surface area contributed by atoms with E-state index in [-0.39, 0.29) is 5.60 Å². The van der Waals surface area contributed by atoms with Crippen LogP contribution in [0.15, 0.2) is 0 Å². The summed E-state index contributed by atoms with van der Waals surface area (Å²) < 4.78 is 12.0. The maximum absolute atomic E-state index is 6.18. The molecule has 0 aromatic rings. The van der Waals surface area contributed by atoms with Gasteiger partial charge in [0.2, 0.25) is 0 Å². The fourth-order valence-electron chi connectivity index (χ4n) is 2.60. The molecule has 0 spiro atoms. The Bertz CT molecular complexity index is 210. The van der Waals surface area contributed by atoms with Gasteiger partial charge in [0.05, 0.1) is 18.3 Å². The third-order valence-electron chi connectivity index (χ3n) is 3.84. The normalized spacial score (nSPS) is 25.9. The van der Waals surface area contributed by atoms with Crippen molar-refractivity contribution in [2.45, 2.75) is 57.2 Å². The molecule has 2 fully saturated rings. The van der Waals surface area contributed by atoms with Gasteiger partial charge in [-0.1, -0.05) is 28.8 Å². The van der Waals surface area contributed by atoms with Crippen molar-refractivity contribution in [3.8, 4) is 0 Å². The Morgan fingerprint density at radius 2 is 2.00 bits per heavy atom. The van der Waals surface area contributed by atoms with Crippen molar-refractivity contribution in [1.82, 2.24) is 0 Å². The zero-order valence-corrected chi connectivity index (χ0v) is 11.8. The second-order valence-corrected chi connectivity index (χ2v) is 5.73. The van der Waals surface area contributed by atoms with E-state index in [9.17, 15) is 0 Å². The van der Waals surface area contributed by atoms with Crippen molar-refractivity contribution in [1.29, 1.82) is 0 Å². The summed E-state index contributed by atoms with van der Waals surface area (Å²) in [6.07, 6.45) is 8.05. The van der Waals surface area contributed by atoms with Gasteiger partial charge < -0.3 is 9.47 Å². The van der Waals surface area contributed by atoms with Gasteiger partial charge in [0.15, 0.2) is 0 Å². The van der Waals surface area contributed by atoms with Crippen LogP contribution >= 0.6 is 15.9 Å². The van der Waals surface area contributed by atoms with Crippen LogP contribution in [0.4, 0.5) is 0 Å². The monoisotopic (exact) mass is 290 g/mol. The molecule has 1 atom stereocenters. The van der Waals surface area contributed by atoms with Gasteiger partial charge in [0, 0.05) is 11.9 Å². The van der Waals surface area contributed by atoms with Gasteiger partial charge in [-0.3, -0.25) is 0 Å².